The monoisotopic (exact) mass is 235 g/mol. The molecule has 0 radical (unpaired) electrons. The summed E-state index contributed by atoms with van der Waals surface area (Å²) in [6, 6.07) is 6.69. The standard InChI is InChI=1S/C12H13NO2S/c1-8-9(2)16-12(13-8)7-15-11-5-3-10(14)4-6-11/h3-6,14H,7H2,1-2H3. The van der Waals surface area contributed by atoms with Gasteiger partial charge in [0.2, 0.25) is 0 Å². The third kappa shape index (κ3) is 2.52. The number of hydrogen-bond donors (Lipinski definition) is 1. The van der Waals surface area contributed by atoms with Crippen molar-refractivity contribution in [2.45, 2.75) is 20.5 Å². The van der Waals surface area contributed by atoms with Crippen LogP contribution in [0.1, 0.15) is 15.6 Å². The Labute approximate surface area is 98.4 Å². The van der Waals surface area contributed by atoms with E-state index in [2.05, 4.69) is 11.9 Å². The van der Waals surface area contributed by atoms with Gasteiger partial charge in [0.05, 0.1) is 5.69 Å². The fraction of sp³-hybridized carbons (Fsp3) is 0.250. The third-order valence-corrected chi connectivity index (χ3v) is 3.32. The van der Waals surface area contributed by atoms with E-state index in [9.17, 15) is 0 Å². The average molecular weight is 235 g/mol. The molecule has 0 unspecified atom stereocenters. The summed E-state index contributed by atoms with van der Waals surface area (Å²) in [4.78, 5) is 5.61. The van der Waals surface area contributed by atoms with Gasteiger partial charge in [-0.15, -0.1) is 11.3 Å². The first-order chi connectivity index (χ1) is 7.65. The van der Waals surface area contributed by atoms with Crippen molar-refractivity contribution in [2.24, 2.45) is 0 Å². The highest BCUT2D eigenvalue weighted by molar-refractivity contribution is 7.11. The van der Waals surface area contributed by atoms with Crippen LogP contribution in [0.25, 0.3) is 0 Å². The first-order valence-corrected chi connectivity index (χ1v) is 5.81. The van der Waals surface area contributed by atoms with Gasteiger partial charge in [0.15, 0.2) is 0 Å². The molecule has 1 aromatic heterocycles. The molecule has 0 spiro atoms. The van der Waals surface area contributed by atoms with Crippen LogP contribution >= 0.6 is 11.3 Å². The van der Waals surface area contributed by atoms with E-state index >= 15 is 0 Å². The number of aromatic hydroxyl groups is 1. The fourth-order valence-corrected chi connectivity index (χ4v) is 2.14. The lowest BCUT2D eigenvalue weighted by Crippen LogP contribution is -1.94. The lowest BCUT2D eigenvalue weighted by molar-refractivity contribution is 0.305. The van der Waals surface area contributed by atoms with Gasteiger partial charge in [-0.05, 0) is 38.1 Å². The van der Waals surface area contributed by atoms with Gasteiger partial charge < -0.3 is 9.84 Å². The Hall–Kier alpha value is -1.55. The number of aromatic nitrogens is 1. The van der Waals surface area contributed by atoms with Crippen molar-refractivity contribution in [1.29, 1.82) is 0 Å². The smallest absolute Gasteiger partial charge is 0.140 e. The summed E-state index contributed by atoms with van der Waals surface area (Å²) in [5.41, 5.74) is 1.06. The van der Waals surface area contributed by atoms with Crippen molar-refractivity contribution >= 4 is 11.3 Å². The number of hydrogen-bond acceptors (Lipinski definition) is 4. The minimum absolute atomic E-state index is 0.244. The normalized spacial score (nSPS) is 10.4. The molecule has 2 rings (SSSR count). The molecule has 0 aliphatic rings. The van der Waals surface area contributed by atoms with Gasteiger partial charge in [-0.2, -0.15) is 0 Å². The quantitative estimate of drug-likeness (QED) is 0.889. The molecule has 4 heteroatoms. The summed E-state index contributed by atoms with van der Waals surface area (Å²) in [5, 5.41) is 10.1. The average Bonchev–Trinajstić information content (AvgIpc) is 2.58. The Morgan fingerprint density at radius 3 is 2.50 bits per heavy atom. The number of phenolic OH excluding ortho intramolecular Hbond substituents is 1. The third-order valence-electron chi connectivity index (χ3n) is 2.27. The Morgan fingerprint density at radius 1 is 1.25 bits per heavy atom. The first-order valence-electron chi connectivity index (χ1n) is 5.00. The number of phenols is 1. The van der Waals surface area contributed by atoms with E-state index in [0.717, 1.165) is 16.5 Å². The summed E-state index contributed by atoms with van der Waals surface area (Å²) in [6.45, 7) is 4.52. The van der Waals surface area contributed by atoms with Crippen LogP contribution in [0.2, 0.25) is 0 Å². The first kappa shape index (κ1) is 11.0. The van der Waals surface area contributed by atoms with Crippen LogP contribution < -0.4 is 4.74 Å². The molecule has 3 nitrogen and oxygen atoms in total. The molecule has 0 atom stereocenters. The largest absolute Gasteiger partial charge is 0.508 e. The second-order valence-corrected chi connectivity index (χ2v) is 4.82. The van der Waals surface area contributed by atoms with Crippen molar-refractivity contribution in [3.8, 4) is 11.5 Å². The van der Waals surface area contributed by atoms with E-state index in [4.69, 9.17) is 9.84 Å². The Bertz CT molecular complexity index is 457. The number of benzene rings is 1. The number of aryl methyl sites for hydroxylation is 2. The van der Waals surface area contributed by atoms with Crippen LogP contribution in [0.5, 0.6) is 11.5 Å². The molecule has 0 fully saturated rings. The molecule has 0 amide bonds. The molecule has 0 saturated carbocycles. The molecule has 2 aromatic rings. The van der Waals surface area contributed by atoms with Crippen molar-refractivity contribution in [1.82, 2.24) is 4.98 Å². The predicted octanol–water partition coefficient (Wildman–Crippen LogP) is 3.04. The van der Waals surface area contributed by atoms with Crippen molar-refractivity contribution in [3.05, 3.63) is 39.8 Å². The molecule has 0 saturated heterocycles. The molecule has 0 aliphatic carbocycles. The predicted molar refractivity (Wildman–Crippen MR) is 64.0 cm³/mol. The van der Waals surface area contributed by atoms with Crippen LogP contribution in [0.15, 0.2) is 24.3 Å². The summed E-state index contributed by atoms with van der Waals surface area (Å²) in [5.74, 6) is 0.983. The Kier molecular flexibility index (Phi) is 3.10. The lowest BCUT2D eigenvalue weighted by Gasteiger charge is -2.03. The number of thiazole rings is 1. The van der Waals surface area contributed by atoms with Gasteiger partial charge in [0, 0.05) is 4.88 Å². The van der Waals surface area contributed by atoms with Crippen LogP contribution in [-0.2, 0) is 6.61 Å². The van der Waals surface area contributed by atoms with E-state index in [1.165, 1.54) is 4.88 Å². The zero-order chi connectivity index (χ0) is 11.5. The maximum atomic E-state index is 9.12. The van der Waals surface area contributed by atoms with Crippen LogP contribution in [0, 0.1) is 13.8 Å². The van der Waals surface area contributed by atoms with E-state index in [0.29, 0.717) is 6.61 Å². The highest BCUT2D eigenvalue weighted by Gasteiger charge is 2.04. The maximum absolute atomic E-state index is 9.12. The van der Waals surface area contributed by atoms with Crippen molar-refractivity contribution in [2.75, 3.05) is 0 Å². The molecule has 1 heterocycles. The molecule has 0 aliphatic heterocycles. The second kappa shape index (κ2) is 4.53. The fourth-order valence-electron chi connectivity index (χ4n) is 1.29. The minimum atomic E-state index is 0.244. The van der Waals surface area contributed by atoms with Gasteiger partial charge in [-0.1, -0.05) is 0 Å². The summed E-state index contributed by atoms with van der Waals surface area (Å²) >= 11 is 1.65. The maximum Gasteiger partial charge on any atom is 0.140 e. The number of nitrogens with zero attached hydrogens (tertiary/aromatic N) is 1. The number of ether oxygens (including phenoxy) is 1. The topological polar surface area (TPSA) is 42.4 Å². The summed E-state index contributed by atoms with van der Waals surface area (Å²) in [6.07, 6.45) is 0. The number of rotatable bonds is 3. The molecular weight excluding hydrogens is 222 g/mol. The molecular formula is C12H13NO2S. The molecule has 84 valence electrons. The highest BCUT2D eigenvalue weighted by atomic mass is 32.1. The highest BCUT2D eigenvalue weighted by Crippen LogP contribution is 2.20. The minimum Gasteiger partial charge on any atom is -0.508 e. The molecule has 1 N–H and O–H groups in total. The lowest BCUT2D eigenvalue weighted by atomic mass is 10.3. The summed E-state index contributed by atoms with van der Waals surface area (Å²) < 4.78 is 5.55. The Morgan fingerprint density at radius 2 is 1.94 bits per heavy atom. The zero-order valence-electron chi connectivity index (χ0n) is 9.23. The van der Waals surface area contributed by atoms with Crippen molar-refractivity contribution < 1.29 is 9.84 Å². The summed E-state index contributed by atoms with van der Waals surface area (Å²) in [7, 11) is 0. The van der Waals surface area contributed by atoms with E-state index in [1.807, 2.05) is 6.92 Å². The van der Waals surface area contributed by atoms with Crippen molar-refractivity contribution in [3.63, 3.8) is 0 Å². The molecule has 0 bridgehead atoms. The molecule has 16 heavy (non-hydrogen) atoms. The van der Waals surface area contributed by atoms with E-state index in [-0.39, 0.29) is 5.75 Å². The van der Waals surface area contributed by atoms with Gasteiger partial charge >= 0.3 is 0 Å². The van der Waals surface area contributed by atoms with Gasteiger partial charge in [0.1, 0.15) is 23.1 Å². The van der Waals surface area contributed by atoms with Crippen LogP contribution in [-0.4, -0.2) is 10.1 Å². The second-order valence-electron chi connectivity index (χ2n) is 3.53. The van der Waals surface area contributed by atoms with Gasteiger partial charge in [0.25, 0.3) is 0 Å². The van der Waals surface area contributed by atoms with E-state index in [1.54, 1.807) is 35.6 Å². The van der Waals surface area contributed by atoms with Gasteiger partial charge in [-0.3, -0.25) is 0 Å². The van der Waals surface area contributed by atoms with Gasteiger partial charge in [-0.25, -0.2) is 4.98 Å². The SMILES string of the molecule is Cc1nc(COc2ccc(O)cc2)sc1C. The van der Waals surface area contributed by atoms with Crippen LogP contribution in [0.3, 0.4) is 0 Å². The van der Waals surface area contributed by atoms with E-state index < -0.39 is 0 Å². The Balaban J connectivity index is 1.99. The zero-order valence-corrected chi connectivity index (χ0v) is 10.0. The molecule has 1 aromatic carbocycles. The van der Waals surface area contributed by atoms with Crippen LogP contribution in [0.4, 0.5) is 0 Å².